The summed E-state index contributed by atoms with van der Waals surface area (Å²) >= 11 is 0. The zero-order chi connectivity index (χ0) is 25.0. The van der Waals surface area contributed by atoms with Crippen LogP contribution in [0.2, 0.25) is 0 Å². The molecule has 188 valence electrons. The van der Waals surface area contributed by atoms with Gasteiger partial charge >= 0.3 is 6.09 Å². The number of amides is 2. The highest BCUT2D eigenvalue weighted by atomic mass is 16.6. The first-order chi connectivity index (χ1) is 16.0. The van der Waals surface area contributed by atoms with Crippen LogP contribution in [-0.2, 0) is 16.0 Å². The van der Waals surface area contributed by atoms with Crippen LogP contribution >= 0.6 is 0 Å². The molecule has 1 unspecified atom stereocenters. The molecule has 1 aromatic heterocycles. The normalized spacial score (nSPS) is 18.8. The molecule has 1 aromatic carbocycles. The van der Waals surface area contributed by atoms with E-state index in [-0.39, 0.29) is 23.7 Å². The van der Waals surface area contributed by atoms with Crippen LogP contribution in [0, 0.1) is 18.8 Å². The van der Waals surface area contributed by atoms with Gasteiger partial charge in [-0.05, 0) is 70.1 Å². The van der Waals surface area contributed by atoms with Gasteiger partial charge in [0, 0.05) is 36.1 Å². The fraction of sp³-hybridized carbons (Fsp3) is 0.643. The van der Waals surface area contributed by atoms with Crippen LogP contribution in [-0.4, -0.2) is 41.1 Å². The Morgan fingerprint density at radius 2 is 1.82 bits per heavy atom. The number of hydrogen-bond donors (Lipinski definition) is 2. The fourth-order valence-corrected chi connectivity index (χ4v) is 5.29. The van der Waals surface area contributed by atoms with Crippen LogP contribution in [0.3, 0.4) is 0 Å². The van der Waals surface area contributed by atoms with Crippen molar-refractivity contribution in [3.8, 4) is 0 Å². The van der Waals surface area contributed by atoms with Crippen molar-refractivity contribution in [1.29, 1.82) is 0 Å². The predicted molar refractivity (Wildman–Crippen MR) is 138 cm³/mol. The second-order valence-electron chi connectivity index (χ2n) is 11.1. The number of ether oxygens (including phenoxy) is 1. The van der Waals surface area contributed by atoms with E-state index in [0.717, 1.165) is 25.8 Å². The lowest BCUT2D eigenvalue weighted by Crippen LogP contribution is -2.45. The average Bonchev–Trinajstić information content (AvgIpc) is 3.14. The lowest BCUT2D eigenvalue weighted by Gasteiger charge is -2.40. The minimum absolute atomic E-state index is 0.186. The molecule has 0 bridgehead atoms. The molecule has 1 atom stereocenters. The van der Waals surface area contributed by atoms with Crippen molar-refractivity contribution in [3.05, 3.63) is 35.0 Å². The second kappa shape index (κ2) is 10.8. The van der Waals surface area contributed by atoms with Gasteiger partial charge in [-0.1, -0.05) is 45.2 Å². The number of nitrogens with one attached hydrogen (secondary N) is 2. The van der Waals surface area contributed by atoms with E-state index in [4.69, 9.17) is 4.74 Å². The molecule has 1 fully saturated rings. The van der Waals surface area contributed by atoms with Crippen molar-refractivity contribution in [3.63, 3.8) is 0 Å². The molecule has 2 aliphatic rings. The SMILES string of the molecule is CNC(=O)OC(C)(C)C.Cc1ccc2c3c([nH]c2c1)C(C(C)C)N(C(=O)C1CCCCC1)CC3. The van der Waals surface area contributed by atoms with Crippen LogP contribution in [0.4, 0.5) is 4.79 Å². The van der Waals surface area contributed by atoms with E-state index in [9.17, 15) is 9.59 Å². The largest absolute Gasteiger partial charge is 0.444 e. The summed E-state index contributed by atoms with van der Waals surface area (Å²) in [6, 6.07) is 6.86. The van der Waals surface area contributed by atoms with Gasteiger partial charge in [0.1, 0.15) is 5.60 Å². The Hall–Kier alpha value is -2.50. The van der Waals surface area contributed by atoms with Gasteiger partial charge < -0.3 is 19.9 Å². The zero-order valence-corrected chi connectivity index (χ0v) is 22.1. The van der Waals surface area contributed by atoms with Crippen LogP contribution in [0.25, 0.3) is 10.9 Å². The molecule has 1 saturated carbocycles. The van der Waals surface area contributed by atoms with Gasteiger partial charge in [-0.3, -0.25) is 4.79 Å². The van der Waals surface area contributed by atoms with Crippen LogP contribution in [0.1, 0.15) is 89.6 Å². The standard InChI is InChI=1S/C22H30N2O.C6H13NO2/c1-14(2)21-20-18(17-10-9-15(3)13-19(17)23-20)11-12-24(21)22(25)16-7-5-4-6-8-16;1-6(2,3)9-5(8)7-4/h9-10,13-14,16,21,23H,4-8,11-12H2,1-3H3;1-4H3,(H,7,8). The quantitative estimate of drug-likeness (QED) is 0.544. The first-order valence-electron chi connectivity index (χ1n) is 12.8. The number of aryl methyl sites for hydroxylation is 1. The summed E-state index contributed by atoms with van der Waals surface area (Å²) in [5.74, 6) is 1.07. The molecule has 2 aromatic rings. The van der Waals surface area contributed by atoms with Crippen LogP contribution in [0.5, 0.6) is 0 Å². The summed E-state index contributed by atoms with van der Waals surface area (Å²) in [7, 11) is 1.54. The summed E-state index contributed by atoms with van der Waals surface area (Å²) in [4.78, 5) is 29.6. The van der Waals surface area contributed by atoms with Gasteiger partial charge in [-0.15, -0.1) is 0 Å². The summed E-state index contributed by atoms with van der Waals surface area (Å²) in [5.41, 5.74) is 4.83. The highest BCUT2D eigenvalue weighted by molar-refractivity contribution is 5.87. The lowest BCUT2D eigenvalue weighted by molar-refractivity contribution is -0.140. The monoisotopic (exact) mass is 469 g/mol. The van der Waals surface area contributed by atoms with Crippen molar-refractivity contribution in [2.24, 2.45) is 11.8 Å². The number of nitrogens with zero attached hydrogens (tertiary/aromatic N) is 1. The van der Waals surface area contributed by atoms with Crippen LogP contribution < -0.4 is 5.32 Å². The van der Waals surface area contributed by atoms with Crippen LogP contribution in [0.15, 0.2) is 18.2 Å². The molecular weight excluding hydrogens is 426 g/mol. The minimum atomic E-state index is -0.389. The Morgan fingerprint density at radius 1 is 1.15 bits per heavy atom. The molecule has 0 radical (unpaired) electrons. The number of carbonyl (C=O) groups excluding carboxylic acids is 2. The maximum Gasteiger partial charge on any atom is 0.407 e. The highest BCUT2D eigenvalue weighted by Crippen LogP contribution is 2.40. The highest BCUT2D eigenvalue weighted by Gasteiger charge is 2.37. The number of aromatic nitrogens is 1. The van der Waals surface area contributed by atoms with E-state index >= 15 is 0 Å². The first kappa shape index (κ1) is 26.1. The molecule has 34 heavy (non-hydrogen) atoms. The fourth-order valence-electron chi connectivity index (χ4n) is 5.29. The Kier molecular flexibility index (Phi) is 8.32. The molecule has 2 heterocycles. The Balaban J connectivity index is 0.000000309. The number of benzene rings is 1. The van der Waals surface area contributed by atoms with Crippen molar-refractivity contribution in [1.82, 2.24) is 15.2 Å². The van der Waals surface area contributed by atoms with E-state index in [0.29, 0.717) is 11.8 Å². The Morgan fingerprint density at radius 3 is 2.38 bits per heavy atom. The van der Waals surface area contributed by atoms with E-state index in [2.05, 4.69) is 54.2 Å². The molecule has 6 heteroatoms. The number of alkyl carbamates (subject to hydrolysis) is 1. The van der Waals surface area contributed by atoms with E-state index in [1.807, 2.05) is 20.8 Å². The lowest BCUT2D eigenvalue weighted by atomic mass is 9.85. The molecule has 6 nitrogen and oxygen atoms in total. The van der Waals surface area contributed by atoms with Crippen molar-refractivity contribution in [2.75, 3.05) is 13.6 Å². The molecular formula is C28H43N3O3. The number of fused-ring (bicyclic) bond motifs is 3. The maximum atomic E-state index is 13.3. The zero-order valence-electron chi connectivity index (χ0n) is 22.1. The number of hydrogen-bond acceptors (Lipinski definition) is 3. The van der Waals surface area contributed by atoms with Gasteiger partial charge in [-0.2, -0.15) is 0 Å². The topological polar surface area (TPSA) is 74.4 Å². The number of rotatable bonds is 2. The van der Waals surface area contributed by atoms with Gasteiger partial charge in [-0.25, -0.2) is 4.79 Å². The number of carbonyl (C=O) groups is 2. The van der Waals surface area contributed by atoms with E-state index < -0.39 is 0 Å². The van der Waals surface area contributed by atoms with Gasteiger partial charge in [0.15, 0.2) is 0 Å². The third-order valence-electron chi connectivity index (χ3n) is 6.80. The molecule has 0 spiro atoms. The predicted octanol–water partition coefficient (Wildman–Crippen LogP) is 6.28. The molecule has 1 aliphatic carbocycles. The van der Waals surface area contributed by atoms with Crippen molar-refractivity contribution < 1.29 is 14.3 Å². The Bertz CT molecular complexity index is 996. The van der Waals surface area contributed by atoms with E-state index in [1.54, 1.807) is 0 Å². The smallest absolute Gasteiger partial charge is 0.407 e. The third-order valence-corrected chi connectivity index (χ3v) is 6.80. The number of aromatic amines is 1. The third kappa shape index (κ3) is 6.13. The van der Waals surface area contributed by atoms with Crippen molar-refractivity contribution in [2.45, 2.75) is 91.7 Å². The minimum Gasteiger partial charge on any atom is -0.444 e. The second-order valence-corrected chi connectivity index (χ2v) is 11.1. The molecule has 2 amide bonds. The van der Waals surface area contributed by atoms with Gasteiger partial charge in [0.2, 0.25) is 5.91 Å². The van der Waals surface area contributed by atoms with Gasteiger partial charge in [0.25, 0.3) is 0 Å². The van der Waals surface area contributed by atoms with E-state index in [1.165, 1.54) is 54.0 Å². The number of H-pyrrole nitrogens is 1. The molecule has 1 aliphatic heterocycles. The Labute approximate surface area is 204 Å². The summed E-state index contributed by atoms with van der Waals surface area (Å²) in [5, 5.41) is 3.70. The molecule has 4 rings (SSSR count). The molecule has 2 N–H and O–H groups in total. The average molecular weight is 470 g/mol. The maximum absolute atomic E-state index is 13.3. The van der Waals surface area contributed by atoms with Crippen molar-refractivity contribution >= 4 is 22.9 Å². The summed E-state index contributed by atoms with van der Waals surface area (Å²) in [6.07, 6.45) is 6.48. The first-order valence-corrected chi connectivity index (χ1v) is 12.8. The van der Waals surface area contributed by atoms with Gasteiger partial charge in [0.05, 0.1) is 6.04 Å². The molecule has 0 saturated heterocycles. The summed E-state index contributed by atoms with van der Waals surface area (Å²) in [6.45, 7) is 13.0. The summed E-state index contributed by atoms with van der Waals surface area (Å²) < 4.78 is 4.84.